The highest BCUT2D eigenvalue weighted by atomic mass is 127. The number of aryl methyl sites for hydroxylation is 3. The molecule has 0 fully saturated rings. The van der Waals surface area contributed by atoms with Gasteiger partial charge >= 0.3 is 0 Å². The van der Waals surface area contributed by atoms with Crippen LogP contribution >= 0.6 is 38.5 Å². The molecule has 1 N–H and O–H groups in total. The van der Waals surface area contributed by atoms with Crippen LogP contribution in [0.1, 0.15) is 40.8 Å². The molecule has 0 bridgehead atoms. The first-order valence-electron chi connectivity index (χ1n) is 7.20. The topological polar surface area (TPSA) is 12.0 Å². The molecule has 0 spiro atoms. The molecule has 1 nitrogen and oxygen atoms in total. The standard InChI is InChI=1S/C18H21BrIN/c1-5-21-18(16-10-14(20)6-7-17(16)19)15-9-12(3)11(2)8-13(15)4/h6-10,18,21H,5H2,1-4H3. The minimum atomic E-state index is 0.221. The molecule has 0 amide bonds. The summed E-state index contributed by atoms with van der Waals surface area (Å²) >= 11 is 6.09. The summed E-state index contributed by atoms with van der Waals surface area (Å²) in [6.45, 7) is 9.66. The van der Waals surface area contributed by atoms with Crippen LogP contribution in [-0.4, -0.2) is 6.54 Å². The van der Waals surface area contributed by atoms with Gasteiger partial charge in [-0.1, -0.05) is 35.0 Å². The van der Waals surface area contributed by atoms with E-state index in [1.54, 1.807) is 0 Å². The summed E-state index contributed by atoms with van der Waals surface area (Å²) in [5.74, 6) is 0. The lowest BCUT2D eigenvalue weighted by Crippen LogP contribution is -2.23. The Bertz CT molecular complexity index is 652. The van der Waals surface area contributed by atoms with Gasteiger partial charge in [-0.15, -0.1) is 0 Å². The largest absolute Gasteiger partial charge is 0.306 e. The molecule has 2 aromatic rings. The molecule has 1 atom stereocenters. The van der Waals surface area contributed by atoms with Gasteiger partial charge in [-0.05, 0) is 95.9 Å². The summed E-state index contributed by atoms with van der Waals surface area (Å²) in [7, 11) is 0. The van der Waals surface area contributed by atoms with Crippen LogP contribution in [-0.2, 0) is 0 Å². The molecule has 3 heteroatoms. The minimum Gasteiger partial charge on any atom is -0.306 e. The van der Waals surface area contributed by atoms with Gasteiger partial charge in [-0.2, -0.15) is 0 Å². The second-order valence-corrected chi connectivity index (χ2v) is 7.55. The van der Waals surface area contributed by atoms with Gasteiger partial charge in [0.25, 0.3) is 0 Å². The van der Waals surface area contributed by atoms with Crippen molar-refractivity contribution in [2.45, 2.75) is 33.7 Å². The Morgan fingerprint density at radius 3 is 2.33 bits per heavy atom. The van der Waals surface area contributed by atoms with E-state index >= 15 is 0 Å². The van der Waals surface area contributed by atoms with Gasteiger partial charge < -0.3 is 5.32 Å². The van der Waals surface area contributed by atoms with Crippen molar-refractivity contribution in [3.05, 3.63) is 66.2 Å². The van der Waals surface area contributed by atoms with Crippen molar-refractivity contribution in [2.75, 3.05) is 6.54 Å². The van der Waals surface area contributed by atoms with Gasteiger partial charge in [-0.25, -0.2) is 0 Å². The number of nitrogens with one attached hydrogen (secondary N) is 1. The highest BCUT2D eigenvalue weighted by molar-refractivity contribution is 14.1. The predicted octanol–water partition coefficient (Wildman–Crippen LogP) is 5.68. The third kappa shape index (κ3) is 3.88. The van der Waals surface area contributed by atoms with Crippen molar-refractivity contribution >= 4 is 38.5 Å². The first kappa shape index (κ1) is 17.0. The number of hydrogen-bond donors (Lipinski definition) is 1. The lowest BCUT2D eigenvalue weighted by atomic mass is 9.91. The Morgan fingerprint density at radius 2 is 1.67 bits per heavy atom. The van der Waals surface area contributed by atoms with Gasteiger partial charge in [0.2, 0.25) is 0 Å². The minimum absolute atomic E-state index is 0.221. The van der Waals surface area contributed by atoms with Crippen LogP contribution in [0.25, 0.3) is 0 Å². The van der Waals surface area contributed by atoms with Crippen LogP contribution in [0, 0.1) is 24.3 Å². The third-order valence-corrected chi connectivity index (χ3v) is 5.26. The van der Waals surface area contributed by atoms with Crippen LogP contribution < -0.4 is 5.32 Å². The van der Waals surface area contributed by atoms with Crippen molar-refractivity contribution in [1.82, 2.24) is 5.32 Å². The Balaban J connectivity index is 2.58. The molecule has 2 rings (SSSR count). The molecule has 0 heterocycles. The Hall–Kier alpha value is -0.390. The van der Waals surface area contributed by atoms with Crippen LogP contribution in [0.2, 0.25) is 0 Å². The monoisotopic (exact) mass is 457 g/mol. The van der Waals surface area contributed by atoms with Crippen molar-refractivity contribution in [1.29, 1.82) is 0 Å². The first-order valence-corrected chi connectivity index (χ1v) is 9.07. The Morgan fingerprint density at radius 1 is 1.00 bits per heavy atom. The van der Waals surface area contributed by atoms with Crippen molar-refractivity contribution < 1.29 is 0 Å². The molecule has 0 aliphatic rings. The normalized spacial score (nSPS) is 12.5. The van der Waals surface area contributed by atoms with E-state index in [4.69, 9.17) is 0 Å². The molecule has 0 saturated carbocycles. The van der Waals surface area contributed by atoms with Gasteiger partial charge in [0.05, 0.1) is 6.04 Å². The fraction of sp³-hybridized carbons (Fsp3) is 0.333. The summed E-state index contributed by atoms with van der Waals surface area (Å²) in [6, 6.07) is 11.4. The first-order chi connectivity index (χ1) is 9.93. The smallest absolute Gasteiger partial charge is 0.0590 e. The van der Waals surface area contributed by atoms with Crippen LogP contribution in [0.4, 0.5) is 0 Å². The van der Waals surface area contributed by atoms with Crippen molar-refractivity contribution in [3.8, 4) is 0 Å². The predicted molar refractivity (Wildman–Crippen MR) is 103 cm³/mol. The second kappa shape index (κ2) is 7.25. The molecular weight excluding hydrogens is 437 g/mol. The quantitative estimate of drug-likeness (QED) is 0.582. The zero-order valence-electron chi connectivity index (χ0n) is 12.9. The average molecular weight is 458 g/mol. The van der Waals surface area contributed by atoms with Gasteiger partial charge in [0.1, 0.15) is 0 Å². The molecule has 21 heavy (non-hydrogen) atoms. The number of hydrogen-bond acceptors (Lipinski definition) is 1. The average Bonchev–Trinajstić information content (AvgIpc) is 2.43. The van der Waals surface area contributed by atoms with Crippen LogP contribution in [0.3, 0.4) is 0 Å². The van der Waals surface area contributed by atoms with E-state index in [0.29, 0.717) is 0 Å². The molecule has 0 aliphatic heterocycles. The fourth-order valence-corrected chi connectivity index (χ4v) is 3.61. The van der Waals surface area contributed by atoms with Crippen LogP contribution in [0.15, 0.2) is 34.8 Å². The van der Waals surface area contributed by atoms with E-state index in [-0.39, 0.29) is 6.04 Å². The maximum atomic E-state index is 3.71. The zero-order chi connectivity index (χ0) is 15.6. The highest BCUT2D eigenvalue weighted by Crippen LogP contribution is 2.32. The van der Waals surface area contributed by atoms with E-state index in [1.165, 1.54) is 31.4 Å². The van der Waals surface area contributed by atoms with Gasteiger partial charge in [-0.3, -0.25) is 0 Å². The molecule has 1 unspecified atom stereocenters. The highest BCUT2D eigenvalue weighted by Gasteiger charge is 2.18. The second-order valence-electron chi connectivity index (χ2n) is 5.45. The molecule has 0 saturated heterocycles. The van der Waals surface area contributed by atoms with E-state index in [0.717, 1.165) is 11.0 Å². The lowest BCUT2D eigenvalue weighted by Gasteiger charge is -2.23. The molecule has 2 aromatic carbocycles. The SMILES string of the molecule is CCNC(c1cc(C)c(C)cc1C)c1cc(I)ccc1Br. The van der Waals surface area contributed by atoms with E-state index < -0.39 is 0 Å². The fourth-order valence-electron chi connectivity index (χ4n) is 2.62. The number of benzene rings is 2. The van der Waals surface area contributed by atoms with Crippen molar-refractivity contribution in [2.24, 2.45) is 0 Å². The summed E-state index contributed by atoms with van der Waals surface area (Å²) in [5.41, 5.74) is 6.71. The van der Waals surface area contributed by atoms with Gasteiger partial charge in [0, 0.05) is 8.04 Å². The zero-order valence-corrected chi connectivity index (χ0v) is 16.7. The summed E-state index contributed by atoms with van der Waals surface area (Å²) in [4.78, 5) is 0. The van der Waals surface area contributed by atoms with Gasteiger partial charge in [0.15, 0.2) is 0 Å². The molecule has 0 aromatic heterocycles. The molecular formula is C18H21BrIN. The molecule has 0 radical (unpaired) electrons. The summed E-state index contributed by atoms with van der Waals surface area (Å²) in [5, 5.41) is 3.64. The molecule has 0 aliphatic carbocycles. The van der Waals surface area contributed by atoms with E-state index in [9.17, 15) is 0 Å². The lowest BCUT2D eigenvalue weighted by molar-refractivity contribution is 0.624. The number of halogens is 2. The Labute approximate surface area is 149 Å². The summed E-state index contributed by atoms with van der Waals surface area (Å²) < 4.78 is 2.42. The maximum absolute atomic E-state index is 3.71. The number of rotatable bonds is 4. The van der Waals surface area contributed by atoms with Crippen LogP contribution in [0.5, 0.6) is 0 Å². The van der Waals surface area contributed by atoms with E-state index in [2.05, 4.69) is 102 Å². The third-order valence-electron chi connectivity index (χ3n) is 3.87. The maximum Gasteiger partial charge on any atom is 0.0590 e. The Kier molecular flexibility index (Phi) is 5.86. The molecule has 112 valence electrons. The van der Waals surface area contributed by atoms with Crippen molar-refractivity contribution in [3.63, 3.8) is 0 Å². The summed E-state index contributed by atoms with van der Waals surface area (Å²) in [6.07, 6.45) is 0. The van der Waals surface area contributed by atoms with E-state index in [1.807, 2.05) is 0 Å².